The molecule has 1 saturated carbocycles. The Morgan fingerprint density at radius 1 is 1.07 bits per heavy atom. The molecule has 0 amide bonds. The molecule has 0 spiro atoms. The van der Waals surface area contributed by atoms with Crippen LogP contribution in [0.2, 0.25) is 0 Å². The third-order valence-electron chi connectivity index (χ3n) is 3.25. The quantitative estimate of drug-likeness (QED) is 0.702. The molecule has 1 saturated heterocycles. The van der Waals surface area contributed by atoms with Gasteiger partial charge in [-0.15, -0.1) is 0 Å². The summed E-state index contributed by atoms with van der Waals surface area (Å²) < 4.78 is 25.9. The molecule has 0 aromatic heterocycles. The third-order valence-corrected chi connectivity index (χ3v) is 5.65. The fourth-order valence-corrected chi connectivity index (χ4v) is 4.45. The van der Waals surface area contributed by atoms with E-state index < -0.39 is 10.0 Å². The van der Waals surface area contributed by atoms with Crippen molar-refractivity contribution in [3.63, 3.8) is 0 Å². The Bertz CT molecular complexity index is 274. The Morgan fingerprint density at radius 3 is 2.21 bits per heavy atom. The van der Waals surface area contributed by atoms with E-state index in [4.69, 9.17) is 0 Å². The fraction of sp³-hybridized carbons (Fsp3) is 0.900. The van der Waals surface area contributed by atoms with Crippen LogP contribution in [-0.4, -0.2) is 31.1 Å². The highest BCUT2D eigenvalue weighted by Crippen LogP contribution is 2.28. The van der Waals surface area contributed by atoms with E-state index in [1.165, 1.54) is 0 Å². The van der Waals surface area contributed by atoms with Crippen LogP contribution < -0.4 is 0 Å². The van der Waals surface area contributed by atoms with Crippen LogP contribution in [0.1, 0.15) is 38.5 Å². The van der Waals surface area contributed by atoms with Gasteiger partial charge in [0, 0.05) is 13.1 Å². The molecule has 1 heterocycles. The van der Waals surface area contributed by atoms with Gasteiger partial charge in [-0.25, -0.2) is 12.7 Å². The normalized spacial score (nSPS) is 26.9. The molecule has 0 bridgehead atoms. The van der Waals surface area contributed by atoms with Crippen molar-refractivity contribution < 1.29 is 8.42 Å². The highest BCUT2D eigenvalue weighted by molar-refractivity contribution is 7.89. The highest BCUT2D eigenvalue weighted by atomic mass is 32.2. The predicted octanol–water partition coefficient (Wildman–Crippen LogP) is 1.56. The van der Waals surface area contributed by atoms with Gasteiger partial charge in [0.15, 0.2) is 0 Å². The van der Waals surface area contributed by atoms with E-state index in [0.29, 0.717) is 13.1 Å². The first-order valence-corrected chi connectivity index (χ1v) is 7.02. The van der Waals surface area contributed by atoms with Gasteiger partial charge in [0.05, 0.1) is 5.25 Å². The molecule has 14 heavy (non-hydrogen) atoms. The van der Waals surface area contributed by atoms with E-state index in [-0.39, 0.29) is 5.25 Å². The zero-order chi connectivity index (χ0) is 10.0. The number of nitrogens with zero attached hydrogens (tertiary/aromatic N) is 1. The van der Waals surface area contributed by atoms with Crippen LogP contribution in [-0.2, 0) is 10.0 Å². The Morgan fingerprint density at radius 2 is 1.64 bits per heavy atom. The van der Waals surface area contributed by atoms with Crippen LogP contribution in [0, 0.1) is 6.42 Å². The minimum Gasteiger partial charge on any atom is -0.212 e. The van der Waals surface area contributed by atoms with Crippen molar-refractivity contribution in [1.29, 1.82) is 0 Å². The average Bonchev–Trinajstić information content (AvgIpc) is 2.72. The Balaban J connectivity index is 2.05. The second kappa shape index (κ2) is 4.19. The summed E-state index contributed by atoms with van der Waals surface area (Å²) in [6, 6.07) is 0. The van der Waals surface area contributed by atoms with Gasteiger partial charge in [0.2, 0.25) is 10.0 Å². The van der Waals surface area contributed by atoms with Crippen LogP contribution in [0.5, 0.6) is 0 Å². The summed E-state index contributed by atoms with van der Waals surface area (Å²) in [5, 5.41) is -0.0689. The van der Waals surface area contributed by atoms with Crippen molar-refractivity contribution in [2.24, 2.45) is 0 Å². The second-order valence-corrected chi connectivity index (χ2v) is 6.43. The van der Waals surface area contributed by atoms with Gasteiger partial charge >= 0.3 is 0 Å². The van der Waals surface area contributed by atoms with Crippen molar-refractivity contribution in [3.8, 4) is 0 Å². The number of piperidine rings is 1. The standard InChI is InChI=1S/C10H18NO2S/c12-14(13,10-6-2-3-7-10)11-8-4-1-5-9-11/h1,10H,2-9H2. The summed E-state index contributed by atoms with van der Waals surface area (Å²) in [7, 11) is -2.95. The molecule has 81 valence electrons. The summed E-state index contributed by atoms with van der Waals surface area (Å²) in [5.41, 5.74) is 0. The van der Waals surface area contributed by atoms with Gasteiger partial charge in [-0.05, 0) is 32.1 Å². The maximum atomic E-state index is 12.1. The lowest BCUT2D eigenvalue weighted by molar-refractivity contribution is 0.377. The number of hydrogen-bond donors (Lipinski definition) is 0. The van der Waals surface area contributed by atoms with E-state index >= 15 is 0 Å². The lowest BCUT2D eigenvalue weighted by atomic mass is 10.2. The summed E-state index contributed by atoms with van der Waals surface area (Å²) in [6.45, 7) is 1.41. The molecule has 3 nitrogen and oxygen atoms in total. The fourth-order valence-electron chi connectivity index (χ4n) is 2.38. The molecule has 4 heteroatoms. The van der Waals surface area contributed by atoms with Crippen molar-refractivity contribution in [3.05, 3.63) is 6.42 Å². The third kappa shape index (κ3) is 1.96. The maximum Gasteiger partial charge on any atom is 0.216 e. The van der Waals surface area contributed by atoms with Gasteiger partial charge in [-0.2, -0.15) is 0 Å². The molecule has 1 radical (unpaired) electrons. The van der Waals surface area contributed by atoms with Gasteiger partial charge in [0.25, 0.3) is 0 Å². The minimum absolute atomic E-state index is 0.0689. The molecular weight excluding hydrogens is 198 g/mol. The maximum absolute atomic E-state index is 12.1. The summed E-state index contributed by atoms with van der Waals surface area (Å²) in [4.78, 5) is 0. The number of sulfonamides is 1. The highest BCUT2D eigenvalue weighted by Gasteiger charge is 2.34. The molecule has 0 N–H and O–H groups in total. The van der Waals surface area contributed by atoms with Crippen molar-refractivity contribution >= 4 is 10.0 Å². The lowest BCUT2D eigenvalue weighted by Gasteiger charge is -2.28. The van der Waals surface area contributed by atoms with E-state index in [9.17, 15) is 8.42 Å². The van der Waals surface area contributed by atoms with Crippen LogP contribution in [0.3, 0.4) is 0 Å². The van der Waals surface area contributed by atoms with Crippen LogP contribution >= 0.6 is 0 Å². The zero-order valence-corrected chi connectivity index (χ0v) is 9.30. The van der Waals surface area contributed by atoms with Crippen LogP contribution in [0.15, 0.2) is 0 Å². The summed E-state index contributed by atoms with van der Waals surface area (Å²) >= 11 is 0. The topological polar surface area (TPSA) is 37.4 Å². The molecule has 0 aromatic rings. The first kappa shape index (κ1) is 10.4. The van der Waals surface area contributed by atoms with E-state index in [2.05, 4.69) is 6.42 Å². The van der Waals surface area contributed by atoms with Gasteiger partial charge in [-0.1, -0.05) is 12.8 Å². The molecule has 1 aliphatic heterocycles. The Kier molecular flexibility index (Phi) is 3.12. The molecular formula is C10H18NO2S. The predicted molar refractivity (Wildman–Crippen MR) is 56.3 cm³/mol. The van der Waals surface area contributed by atoms with E-state index in [0.717, 1.165) is 38.5 Å². The SMILES string of the molecule is O=S(=O)(C1CCCC1)N1CC[CH]CC1. The monoisotopic (exact) mass is 216 g/mol. The van der Waals surface area contributed by atoms with Gasteiger partial charge < -0.3 is 0 Å². The van der Waals surface area contributed by atoms with Crippen LogP contribution in [0.4, 0.5) is 0 Å². The smallest absolute Gasteiger partial charge is 0.212 e. The first-order chi connectivity index (χ1) is 6.71. The minimum atomic E-state index is -2.95. The number of rotatable bonds is 2. The molecule has 0 aromatic carbocycles. The number of hydrogen-bond acceptors (Lipinski definition) is 2. The second-order valence-electron chi connectivity index (χ2n) is 4.22. The zero-order valence-electron chi connectivity index (χ0n) is 8.48. The molecule has 0 atom stereocenters. The van der Waals surface area contributed by atoms with Crippen LogP contribution in [0.25, 0.3) is 0 Å². The molecule has 2 rings (SSSR count). The largest absolute Gasteiger partial charge is 0.216 e. The van der Waals surface area contributed by atoms with E-state index in [1.54, 1.807) is 4.31 Å². The molecule has 2 aliphatic rings. The van der Waals surface area contributed by atoms with Crippen molar-refractivity contribution in [2.75, 3.05) is 13.1 Å². The van der Waals surface area contributed by atoms with Gasteiger partial charge in [0.1, 0.15) is 0 Å². The molecule has 0 unspecified atom stereocenters. The molecule has 1 aliphatic carbocycles. The van der Waals surface area contributed by atoms with Crippen molar-refractivity contribution in [2.45, 2.75) is 43.8 Å². The average molecular weight is 216 g/mol. The Hall–Kier alpha value is -0.0900. The lowest BCUT2D eigenvalue weighted by Crippen LogP contribution is -2.40. The first-order valence-electron chi connectivity index (χ1n) is 5.52. The summed E-state index contributed by atoms with van der Waals surface area (Å²) in [5.74, 6) is 0. The van der Waals surface area contributed by atoms with Crippen molar-refractivity contribution in [1.82, 2.24) is 4.31 Å². The molecule has 2 fully saturated rings. The van der Waals surface area contributed by atoms with Gasteiger partial charge in [-0.3, -0.25) is 0 Å². The summed E-state index contributed by atoms with van der Waals surface area (Å²) in [6.07, 6.45) is 7.96. The Labute approximate surface area is 86.5 Å². The van der Waals surface area contributed by atoms with E-state index in [1.807, 2.05) is 0 Å².